The van der Waals surface area contributed by atoms with Crippen molar-refractivity contribution in [1.29, 1.82) is 0 Å². The van der Waals surface area contributed by atoms with E-state index in [2.05, 4.69) is 20.6 Å². The van der Waals surface area contributed by atoms with Crippen molar-refractivity contribution >= 4 is 11.7 Å². The molecule has 0 aliphatic carbocycles. The maximum Gasteiger partial charge on any atom is 0.271 e. The average molecular weight is 266 g/mol. The molecule has 1 amide bonds. The summed E-state index contributed by atoms with van der Waals surface area (Å²) in [6, 6.07) is 0.140. The molecule has 0 aliphatic rings. The summed E-state index contributed by atoms with van der Waals surface area (Å²) in [5, 5.41) is 5.96. The van der Waals surface area contributed by atoms with Crippen molar-refractivity contribution in [2.24, 2.45) is 0 Å². The Morgan fingerprint density at radius 2 is 2.21 bits per heavy atom. The Bertz CT molecular complexity index is 381. The molecule has 2 N–H and O–H groups in total. The van der Waals surface area contributed by atoms with E-state index in [1.165, 1.54) is 6.20 Å². The van der Waals surface area contributed by atoms with Crippen molar-refractivity contribution < 1.29 is 9.53 Å². The largest absolute Gasteiger partial charge is 0.385 e. The number of nitrogens with zero attached hydrogens (tertiary/aromatic N) is 2. The predicted molar refractivity (Wildman–Crippen MR) is 74.2 cm³/mol. The minimum absolute atomic E-state index is 0.140. The lowest BCUT2D eigenvalue weighted by Gasteiger charge is -2.10. The van der Waals surface area contributed by atoms with Crippen LogP contribution in [-0.4, -0.2) is 42.2 Å². The first-order valence-electron chi connectivity index (χ1n) is 6.53. The molecule has 0 bridgehead atoms. The van der Waals surface area contributed by atoms with E-state index in [-0.39, 0.29) is 11.9 Å². The third kappa shape index (κ3) is 5.65. The van der Waals surface area contributed by atoms with E-state index in [4.69, 9.17) is 4.74 Å². The van der Waals surface area contributed by atoms with Crippen LogP contribution in [0.1, 0.15) is 37.2 Å². The SMILES string of the molecule is CCC(C)NC(=O)c1cnc(NCCCOC)cn1. The second-order valence-electron chi connectivity index (χ2n) is 4.34. The van der Waals surface area contributed by atoms with Gasteiger partial charge >= 0.3 is 0 Å². The van der Waals surface area contributed by atoms with Crippen molar-refractivity contribution in [3.8, 4) is 0 Å². The second-order valence-corrected chi connectivity index (χ2v) is 4.34. The standard InChI is InChI=1S/C13H22N4O2/c1-4-10(2)17-13(18)11-8-16-12(9-15-11)14-6-5-7-19-3/h8-10H,4-7H2,1-3H3,(H,14,16)(H,17,18). The van der Waals surface area contributed by atoms with Crippen molar-refractivity contribution in [2.75, 3.05) is 25.6 Å². The number of anilines is 1. The number of ether oxygens (including phenoxy) is 1. The summed E-state index contributed by atoms with van der Waals surface area (Å²) in [6.45, 7) is 5.44. The molecule has 1 aromatic rings. The normalized spacial score (nSPS) is 11.9. The monoisotopic (exact) mass is 266 g/mol. The quantitative estimate of drug-likeness (QED) is 0.697. The van der Waals surface area contributed by atoms with Crippen molar-refractivity contribution in [3.63, 3.8) is 0 Å². The summed E-state index contributed by atoms with van der Waals surface area (Å²) >= 11 is 0. The molecule has 6 heteroatoms. The molecule has 0 saturated carbocycles. The average Bonchev–Trinajstić information content (AvgIpc) is 2.44. The fraction of sp³-hybridized carbons (Fsp3) is 0.615. The Morgan fingerprint density at radius 1 is 1.42 bits per heavy atom. The molecule has 0 aromatic carbocycles. The number of rotatable bonds is 8. The zero-order chi connectivity index (χ0) is 14.1. The Hall–Kier alpha value is -1.69. The maximum absolute atomic E-state index is 11.8. The fourth-order valence-corrected chi connectivity index (χ4v) is 1.37. The van der Waals surface area contributed by atoms with Crippen LogP contribution in [-0.2, 0) is 4.74 Å². The van der Waals surface area contributed by atoms with Crippen LogP contribution >= 0.6 is 0 Å². The number of methoxy groups -OCH3 is 1. The number of aromatic nitrogens is 2. The highest BCUT2D eigenvalue weighted by molar-refractivity contribution is 5.92. The number of carbonyl (C=O) groups excluding carboxylic acids is 1. The highest BCUT2D eigenvalue weighted by atomic mass is 16.5. The first kappa shape index (κ1) is 15.4. The predicted octanol–water partition coefficient (Wildman–Crippen LogP) is 1.45. The van der Waals surface area contributed by atoms with Gasteiger partial charge in [0.05, 0.1) is 12.4 Å². The van der Waals surface area contributed by atoms with Crippen LogP contribution in [0.2, 0.25) is 0 Å². The minimum atomic E-state index is -0.187. The van der Waals surface area contributed by atoms with Crippen molar-refractivity contribution in [3.05, 3.63) is 18.1 Å². The van der Waals surface area contributed by atoms with Gasteiger partial charge in [0.25, 0.3) is 5.91 Å². The maximum atomic E-state index is 11.8. The molecule has 1 heterocycles. The molecule has 19 heavy (non-hydrogen) atoms. The number of carbonyl (C=O) groups is 1. The lowest BCUT2D eigenvalue weighted by molar-refractivity contribution is 0.0934. The van der Waals surface area contributed by atoms with Crippen LogP contribution in [0.4, 0.5) is 5.82 Å². The molecule has 0 aliphatic heterocycles. The van der Waals surface area contributed by atoms with Gasteiger partial charge in [0.15, 0.2) is 0 Å². The van der Waals surface area contributed by atoms with Crippen LogP contribution in [0.15, 0.2) is 12.4 Å². The second kappa shape index (κ2) is 8.42. The number of hydrogen-bond acceptors (Lipinski definition) is 5. The van der Waals surface area contributed by atoms with Gasteiger partial charge in [0.1, 0.15) is 11.5 Å². The zero-order valence-corrected chi connectivity index (χ0v) is 11.8. The first-order chi connectivity index (χ1) is 9.17. The van der Waals surface area contributed by atoms with E-state index in [9.17, 15) is 4.79 Å². The molecule has 0 spiro atoms. The number of nitrogens with one attached hydrogen (secondary N) is 2. The molecule has 6 nitrogen and oxygen atoms in total. The Balaban J connectivity index is 2.44. The lowest BCUT2D eigenvalue weighted by atomic mass is 10.2. The zero-order valence-electron chi connectivity index (χ0n) is 11.8. The molecule has 0 saturated heterocycles. The van der Waals surface area contributed by atoms with Crippen molar-refractivity contribution in [1.82, 2.24) is 15.3 Å². The highest BCUT2D eigenvalue weighted by Gasteiger charge is 2.10. The highest BCUT2D eigenvalue weighted by Crippen LogP contribution is 2.02. The molecular weight excluding hydrogens is 244 g/mol. The third-order valence-corrected chi connectivity index (χ3v) is 2.71. The van der Waals surface area contributed by atoms with Gasteiger partial charge in [0.2, 0.25) is 0 Å². The minimum Gasteiger partial charge on any atom is -0.385 e. The summed E-state index contributed by atoms with van der Waals surface area (Å²) in [7, 11) is 1.67. The lowest BCUT2D eigenvalue weighted by Crippen LogP contribution is -2.32. The Labute approximate surface area is 114 Å². The van der Waals surface area contributed by atoms with Gasteiger partial charge in [0, 0.05) is 26.3 Å². The van der Waals surface area contributed by atoms with E-state index < -0.39 is 0 Å². The molecule has 106 valence electrons. The summed E-state index contributed by atoms with van der Waals surface area (Å²) in [5.41, 5.74) is 0.336. The molecular formula is C13H22N4O2. The number of hydrogen-bond donors (Lipinski definition) is 2. The van der Waals surface area contributed by atoms with Gasteiger partial charge in [-0.25, -0.2) is 9.97 Å². The van der Waals surface area contributed by atoms with Gasteiger partial charge in [-0.1, -0.05) is 6.92 Å². The van der Waals surface area contributed by atoms with E-state index in [1.54, 1.807) is 13.3 Å². The molecule has 0 radical (unpaired) electrons. The third-order valence-electron chi connectivity index (χ3n) is 2.71. The Kier molecular flexibility index (Phi) is 6.81. The fourth-order valence-electron chi connectivity index (χ4n) is 1.37. The molecule has 1 aromatic heterocycles. The van der Waals surface area contributed by atoms with E-state index in [0.29, 0.717) is 18.1 Å². The summed E-state index contributed by atoms with van der Waals surface area (Å²) < 4.78 is 4.95. The van der Waals surface area contributed by atoms with Crippen LogP contribution in [0.5, 0.6) is 0 Å². The van der Waals surface area contributed by atoms with Crippen LogP contribution < -0.4 is 10.6 Å². The van der Waals surface area contributed by atoms with Gasteiger partial charge < -0.3 is 15.4 Å². The van der Waals surface area contributed by atoms with Gasteiger partial charge in [-0.2, -0.15) is 0 Å². The summed E-state index contributed by atoms with van der Waals surface area (Å²) in [6.07, 6.45) is 4.83. The van der Waals surface area contributed by atoms with Gasteiger partial charge in [-0.3, -0.25) is 4.79 Å². The molecule has 0 fully saturated rings. The van der Waals surface area contributed by atoms with E-state index >= 15 is 0 Å². The summed E-state index contributed by atoms with van der Waals surface area (Å²) in [4.78, 5) is 20.0. The molecule has 1 rings (SSSR count). The molecule has 1 unspecified atom stereocenters. The Morgan fingerprint density at radius 3 is 2.79 bits per heavy atom. The number of amides is 1. The summed E-state index contributed by atoms with van der Waals surface area (Å²) in [5.74, 6) is 0.476. The van der Waals surface area contributed by atoms with Gasteiger partial charge in [-0.05, 0) is 19.8 Å². The van der Waals surface area contributed by atoms with Crippen molar-refractivity contribution in [2.45, 2.75) is 32.7 Å². The van der Waals surface area contributed by atoms with E-state index in [1.807, 2.05) is 13.8 Å². The smallest absolute Gasteiger partial charge is 0.271 e. The van der Waals surface area contributed by atoms with Crippen LogP contribution in [0.25, 0.3) is 0 Å². The topological polar surface area (TPSA) is 76.1 Å². The van der Waals surface area contributed by atoms with Crippen LogP contribution in [0.3, 0.4) is 0 Å². The van der Waals surface area contributed by atoms with Gasteiger partial charge in [-0.15, -0.1) is 0 Å². The van der Waals surface area contributed by atoms with E-state index in [0.717, 1.165) is 19.4 Å². The van der Waals surface area contributed by atoms with Crippen LogP contribution in [0, 0.1) is 0 Å². The molecule has 1 atom stereocenters. The first-order valence-corrected chi connectivity index (χ1v) is 6.53.